The molecule has 0 bridgehead atoms. The Kier molecular flexibility index (Phi) is 4.94. The van der Waals surface area contributed by atoms with E-state index in [2.05, 4.69) is 15.3 Å². The van der Waals surface area contributed by atoms with Crippen LogP contribution >= 0.6 is 11.6 Å². The predicted octanol–water partition coefficient (Wildman–Crippen LogP) is 1.42. The molecule has 7 heteroatoms. The van der Waals surface area contributed by atoms with Crippen LogP contribution in [0.25, 0.3) is 0 Å². The minimum absolute atomic E-state index is 0.0342. The molecule has 21 heavy (non-hydrogen) atoms. The summed E-state index contributed by atoms with van der Waals surface area (Å²) in [5.74, 6) is -1.49. The molecule has 0 aliphatic carbocycles. The molecule has 0 spiro atoms. The molecular weight excluding hydrogens is 294 g/mol. The van der Waals surface area contributed by atoms with E-state index in [1.807, 2.05) is 0 Å². The summed E-state index contributed by atoms with van der Waals surface area (Å²) < 4.78 is 0. The number of carboxylic acid groups (broad SMARTS) is 1. The number of aromatic amines is 1. The second-order valence-corrected chi connectivity index (χ2v) is 4.91. The summed E-state index contributed by atoms with van der Waals surface area (Å²) >= 11 is 5.97. The minimum Gasteiger partial charge on any atom is -0.480 e. The van der Waals surface area contributed by atoms with E-state index in [1.54, 1.807) is 24.3 Å². The summed E-state index contributed by atoms with van der Waals surface area (Å²) in [6.07, 6.45) is 3.16. The number of hydrogen-bond donors (Lipinski definition) is 3. The van der Waals surface area contributed by atoms with Gasteiger partial charge >= 0.3 is 5.97 Å². The Morgan fingerprint density at radius 2 is 2.14 bits per heavy atom. The van der Waals surface area contributed by atoms with Crippen molar-refractivity contribution >= 4 is 23.5 Å². The molecule has 0 saturated heterocycles. The normalized spacial score (nSPS) is 11.9. The second kappa shape index (κ2) is 6.90. The van der Waals surface area contributed by atoms with Gasteiger partial charge in [0.2, 0.25) is 5.91 Å². The van der Waals surface area contributed by atoms with Crippen molar-refractivity contribution < 1.29 is 14.7 Å². The van der Waals surface area contributed by atoms with Crippen molar-refractivity contribution in [3.8, 4) is 0 Å². The van der Waals surface area contributed by atoms with Crippen molar-refractivity contribution in [2.45, 2.75) is 18.9 Å². The van der Waals surface area contributed by atoms with Crippen molar-refractivity contribution in [3.05, 3.63) is 53.1 Å². The third-order valence-electron chi connectivity index (χ3n) is 2.92. The maximum atomic E-state index is 11.9. The summed E-state index contributed by atoms with van der Waals surface area (Å²) in [6, 6.07) is 5.94. The highest BCUT2D eigenvalue weighted by Gasteiger charge is 2.21. The number of aliphatic carboxylic acids is 1. The van der Waals surface area contributed by atoms with Crippen LogP contribution in [0.15, 0.2) is 36.8 Å². The zero-order valence-electron chi connectivity index (χ0n) is 11.0. The van der Waals surface area contributed by atoms with Gasteiger partial charge in [-0.15, -0.1) is 0 Å². The lowest BCUT2D eigenvalue weighted by atomic mass is 10.1. The number of rotatable bonds is 6. The van der Waals surface area contributed by atoms with Crippen molar-refractivity contribution in [1.82, 2.24) is 15.3 Å². The molecule has 2 rings (SSSR count). The van der Waals surface area contributed by atoms with E-state index in [0.29, 0.717) is 16.3 Å². The maximum Gasteiger partial charge on any atom is 0.326 e. The van der Waals surface area contributed by atoms with Crippen LogP contribution in [0.1, 0.15) is 11.3 Å². The second-order valence-electron chi connectivity index (χ2n) is 4.51. The van der Waals surface area contributed by atoms with E-state index < -0.39 is 17.9 Å². The highest BCUT2D eigenvalue weighted by molar-refractivity contribution is 6.31. The summed E-state index contributed by atoms with van der Waals surface area (Å²) in [6.45, 7) is 0. The van der Waals surface area contributed by atoms with Gasteiger partial charge in [0.05, 0.1) is 12.7 Å². The molecule has 6 nitrogen and oxygen atoms in total. The van der Waals surface area contributed by atoms with E-state index >= 15 is 0 Å². The zero-order valence-corrected chi connectivity index (χ0v) is 11.8. The number of benzene rings is 1. The number of imidazole rings is 1. The smallest absolute Gasteiger partial charge is 0.326 e. The minimum atomic E-state index is -1.10. The first kappa shape index (κ1) is 15.1. The quantitative estimate of drug-likeness (QED) is 0.752. The first-order valence-corrected chi connectivity index (χ1v) is 6.67. The Bertz CT molecular complexity index is 628. The van der Waals surface area contributed by atoms with Gasteiger partial charge in [-0.25, -0.2) is 9.78 Å². The highest BCUT2D eigenvalue weighted by Crippen LogP contribution is 2.15. The Hall–Kier alpha value is -2.34. The van der Waals surface area contributed by atoms with Gasteiger partial charge in [0.25, 0.3) is 0 Å². The molecule has 0 aliphatic heterocycles. The number of amides is 1. The average Bonchev–Trinajstić information content (AvgIpc) is 2.93. The first-order chi connectivity index (χ1) is 10.1. The fourth-order valence-corrected chi connectivity index (χ4v) is 2.08. The molecule has 110 valence electrons. The topological polar surface area (TPSA) is 95.1 Å². The molecule has 0 saturated carbocycles. The largest absolute Gasteiger partial charge is 0.480 e. The van der Waals surface area contributed by atoms with Crippen LogP contribution in [0.4, 0.5) is 0 Å². The monoisotopic (exact) mass is 307 g/mol. The summed E-state index contributed by atoms with van der Waals surface area (Å²) in [7, 11) is 0. The number of hydrogen-bond acceptors (Lipinski definition) is 3. The van der Waals surface area contributed by atoms with Crippen molar-refractivity contribution in [3.63, 3.8) is 0 Å². The lowest BCUT2D eigenvalue weighted by molar-refractivity contribution is -0.141. The molecule has 1 heterocycles. The van der Waals surface area contributed by atoms with E-state index in [1.165, 1.54) is 12.5 Å². The Morgan fingerprint density at radius 3 is 2.76 bits per heavy atom. The van der Waals surface area contributed by atoms with E-state index in [0.717, 1.165) is 0 Å². The van der Waals surface area contributed by atoms with Crippen LogP contribution < -0.4 is 5.32 Å². The molecule has 0 aliphatic rings. The van der Waals surface area contributed by atoms with Gasteiger partial charge in [-0.1, -0.05) is 29.8 Å². The van der Waals surface area contributed by atoms with Gasteiger partial charge < -0.3 is 15.4 Å². The summed E-state index contributed by atoms with van der Waals surface area (Å²) in [5.41, 5.74) is 1.29. The Morgan fingerprint density at radius 1 is 1.38 bits per heavy atom. The van der Waals surface area contributed by atoms with E-state index in [9.17, 15) is 9.59 Å². The first-order valence-electron chi connectivity index (χ1n) is 6.29. The summed E-state index contributed by atoms with van der Waals surface area (Å²) in [5, 5.41) is 12.1. The van der Waals surface area contributed by atoms with Crippen LogP contribution in [-0.4, -0.2) is 33.0 Å². The number of nitrogens with one attached hydrogen (secondary N) is 2. The van der Waals surface area contributed by atoms with Gasteiger partial charge in [-0.3, -0.25) is 4.79 Å². The lowest BCUT2D eigenvalue weighted by Crippen LogP contribution is -2.43. The standard InChI is InChI=1S/C14H14ClN3O3/c15-11-4-2-1-3-9(11)5-13(19)18-12(14(20)21)6-10-7-16-8-17-10/h1-4,7-8,12H,5-6H2,(H,16,17)(H,18,19)(H,20,21). The van der Waals surface area contributed by atoms with Gasteiger partial charge in [0.15, 0.2) is 0 Å². The third kappa shape index (κ3) is 4.32. The fourth-order valence-electron chi connectivity index (χ4n) is 1.88. The van der Waals surface area contributed by atoms with Gasteiger partial charge in [0, 0.05) is 23.3 Å². The zero-order chi connectivity index (χ0) is 15.2. The Balaban J connectivity index is 1.98. The van der Waals surface area contributed by atoms with Crippen molar-refractivity contribution in [1.29, 1.82) is 0 Å². The predicted molar refractivity (Wildman–Crippen MR) is 77.0 cm³/mol. The molecule has 1 atom stereocenters. The number of carbonyl (C=O) groups is 2. The highest BCUT2D eigenvalue weighted by atomic mass is 35.5. The maximum absolute atomic E-state index is 11.9. The number of nitrogens with zero attached hydrogens (tertiary/aromatic N) is 1. The number of carbonyl (C=O) groups excluding carboxylic acids is 1. The van der Waals surface area contributed by atoms with Crippen LogP contribution in [-0.2, 0) is 22.4 Å². The Labute approximate surface area is 126 Å². The van der Waals surface area contributed by atoms with Gasteiger partial charge in [-0.2, -0.15) is 0 Å². The number of carboxylic acids is 1. The lowest BCUT2D eigenvalue weighted by Gasteiger charge is -2.14. The van der Waals surface area contributed by atoms with Gasteiger partial charge in [-0.05, 0) is 11.6 Å². The molecular formula is C14H14ClN3O3. The number of halogens is 1. The SMILES string of the molecule is O=C(Cc1ccccc1Cl)NC(Cc1cnc[nH]1)C(=O)O. The molecule has 1 aromatic heterocycles. The van der Waals surface area contributed by atoms with Crippen molar-refractivity contribution in [2.75, 3.05) is 0 Å². The van der Waals surface area contributed by atoms with Crippen LogP contribution in [0, 0.1) is 0 Å². The molecule has 1 unspecified atom stereocenters. The van der Waals surface area contributed by atoms with E-state index in [-0.39, 0.29) is 12.8 Å². The molecule has 1 amide bonds. The molecule has 3 N–H and O–H groups in total. The molecule has 0 radical (unpaired) electrons. The summed E-state index contributed by atoms with van der Waals surface area (Å²) in [4.78, 5) is 29.8. The van der Waals surface area contributed by atoms with Crippen LogP contribution in [0.2, 0.25) is 5.02 Å². The van der Waals surface area contributed by atoms with Crippen LogP contribution in [0.3, 0.4) is 0 Å². The molecule has 1 aromatic carbocycles. The fraction of sp³-hybridized carbons (Fsp3) is 0.214. The van der Waals surface area contributed by atoms with Crippen LogP contribution in [0.5, 0.6) is 0 Å². The average molecular weight is 308 g/mol. The van der Waals surface area contributed by atoms with Crippen molar-refractivity contribution in [2.24, 2.45) is 0 Å². The molecule has 0 fully saturated rings. The molecule has 2 aromatic rings. The third-order valence-corrected chi connectivity index (χ3v) is 3.29. The number of H-pyrrole nitrogens is 1. The van der Waals surface area contributed by atoms with E-state index in [4.69, 9.17) is 16.7 Å². The van der Waals surface area contributed by atoms with Gasteiger partial charge in [0.1, 0.15) is 6.04 Å². The number of aromatic nitrogens is 2.